The van der Waals surface area contributed by atoms with Gasteiger partial charge in [0.25, 0.3) is 0 Å². The third kappa shape index (κ3) is 16.7. The lowest BCUT2D eigenvalue weighted by atomic mass is 9.82. The second-order valence-corrected chi connectivity index (χ2v) is 8.12. The van der Waals surface area contributed by atoms with Crippen molar-refractivity contribution in [1.82, 2.24) is 10.6 Å². The van der Waals surface area contributed by atoms with Gasteiger partial charge >= 0.3 is 0 Å². The van der Waals surface area contributed by atoms with Crippen LogP contribution in [-0.2, 0) is 0 Å². The maximum Gasteiger partial charge on any atom is -0.00205 e. The highest BCUT2D eigenvalue weighted by Crippen LogP contribution is 2.27. The minimum Gasteiger partial charge on any atom is -0.316 e. The van der Waals surface area contributed by atoms with Crippen LogP contribution in [0.15, 0.2) is 0 Å². The summed E-state index contributed by atoms with van der Waals surface area (Å²) in [6, 6.07) is 0. The van der Waals surface area contributed by atoms with Crippen LogP contribution in [0.5, 0.6) is 0 Å². The first-order chi connectivity index (χ1) is 11.9. The van der Waals surface area contributed by atoms with Gasteiger partial charge in [-0.05, 0) is 76.5 Å². The fraction of sp³-hybridized carbons (Fsp3) is 1.00. The van der Waals surface area contributed by atoms with Crippen LogP contribution in [0.25, 0.3) is 0 Å². The van der Waals surface area contributed by atoms with E-state index in [1.54, 1.807) is 0 Å². The Labute approximate surface area is 177 Å². The van der Waals surface area contributed by atoms with Crippen LogP contribution >= 0.6 is 24.8 Å². The third-order valence-corrected chi connectivity index (χ3v) is 5.75. The highest BCUT2D eigenvalue weighted by atomic mass is 35.5. The molecule has 0 spiro atoms. The van der Waals surface area contributed by atoms with Gasteiger partial charge in [0.15, 0.2) is 0 Å². The normalized spacial score (nSPS) is 19.6. The molecule has 26 heavy (non-hydrogen) atoms. The highest BCUT2D eigenvalue weighted by molar-refractivity contribution is 5.85. The molecule has 0 aromatic carbocycles. The summed E-state index contributed by atoms with van der Waals surface area (Å²) in [5, 5.41) is 7.42. The van der Waals surface area contributed by atoms with Crippen molar-refractivity contribution in [3.63, 3.8) is 0 Å². The maximum atomic E-state index is 3.71. The van der Waals surface area contributed by atoms with Crippen molar-refractivity contribution >= 4 is 24.8 Å². The van der Waals surface area contributed by atoms with Gasteiger partial charge in [-0.2, -0.15) is 0 Å². The molecule has 1 fully saturated rings. The van der Waals surface area contributed by atoms with E-state index in [0.29, 0.717) is 0 Å². The minimum absolute atomic E-state index is 0. The number of nitrogens with one attached hydrogen (secondary N) is 2. The Morgan fingerprint density at radius 2 is 0.885 bits per heavy atom. The molecule has 0 amide bonds. The van der Waals surface area contributed by atoms with Gasteiger partial charge in [0, 0.05) is 0 Å². The van der Waals surface area contributed by atoms with Gasteiger partial charge in [-0.25, -0.2) is 0 Å². The zero-order valence-electron chi connectivity index (χ0n) is 17.7. The van der Waals surface area contributed by atoms with E-state index < -0.39 is 0 Å². The van der Waals surface area contributed by atoms with Crippen molar-refractivity contribution in [2.75, 3.05) is 26.2 Å². The number of rotatable bonds is 16. The van der Waals surface area contributed by atoms with E-state index in [1.807, 2.05) is 0 Å². The van der Waals surface area contributed by atoms with Gasteiger partial charge in [0.2, 0.25) is 0 Å². The summed E-state index contributed by atoms with van der Waals surface area (Å²) in [5.74, 6) is 1.90. The Balaban J connectivity index is 0. The predicted octanol–water partition coefficient (Wildman–Crippen LogP) is 6.76. The van der Waals surface area contributed by atoms with Gasteiger partial charge < -0.3 is 10.6 Å². The second-order valence-electron chi connectivity index (χ2n) is 8.12. The summed E-state index contributed by atoms with van der Waals surface area (Å²) in [4.78, 5) is 0. The molecular formula is C22H48Cl2N2. The standard InChI is InChI=1S/C22H46N2.2ClH/c1-3-5-7-9-11-17-23-19-21-13-15-22(16-14-21)20-24-18-12-10-8-6-4-2;;/h21-24H,3-20H2,1-2H3;2*1H. The van der Waals surface area contributed by atoms with Crippen molar-refractivity contribution in [3.05, 3.63) is 0 Å². The molecular weight excluding hydrogens is 363 g/mol. The van der Waals surface area contributed by atoms with Crippen molar-refractivity contribution < 1.29 is 0 Å². The first-order valence-corrected chi connectivity index (χ1v) is 11.3. The molecule has 2 nitrogen and oxygen atoms in total. The molecule has 0 atom stereocenters. The number of unbranched alkanes of at least 4 members (excludes halogenated alkanes) is 8. The van der Waals surface area contributed by atoms with E-state index in [2.05, 4.69) is 24.5 Å². The number of hydrogen-bond acceptors (Lipinski definition) is 2. The van der Waals surface area contributed by atoms with E-state index in [1.165, 1.54) is 116 Å². The van der Waals surface area contributed by atoms with Gasteiger partial charge in [-0.3, -0.25) is 0 Å². The second kappa shape index (κ2) is 21.8. The Hall–Kier alpha value is 0.500. The summed E-state index contributed by atoms with van der Waals surface area (Å²) in [6.07, 6.45) is 19.8. The van der Waals surface area contributed by atoms with Crippen LogP contribution in [-0.4, -0.2) is 26.2 Å². The number of halogens is 2. The largest absolute Gasteiger partial charge is 0.316 e. The number of hydrogen-bond donors (Lipinski definition) is 2. The molecule has 1 aliphatic rings. The Morgan fingerprint density at radius 3 is 1.23 bits per heavy atom. The molecule has 0 aromatic heterocycles. The van der Waals surface area contributed by atoms with Gasteiger partial charge in [-0.15, -0.1) is 24.8 Å². The minimum atomic E-state index is 0. The molecule has 0 aromatic rings. The smallest absolute Gasteiger partial charge is 0.00205 e. The third-order valence-electron chi connectivity index (χ3n) is 5.75. The Morgan fingerprint density at radius 1 is 0.538 bits per heavy atom. The SMILES string of the molecule is CCCCCCCNCC1CCC(CNCCCCCCC)CC1.Cl.Cl. The molecule has 0 bridgehead atoms. The van der Waals surface area contributed by atoms with Crippen molar-refractivity contribution in [2.45, 2.75) is 104 Å². The molecule has 4 heteroatoms. The molecule has 0 aliphatic heterocycles. The topological polar surface area (TPSA) is 24.1 Å². The summed E-state index contributed by atoms with van der Waals surface area (Å²) in [5.41, 5.74) is 0. The van der Waals surface area contributed by atoms with Crippen molar-refractivity contribution in [1.29, 1.82) is 0 Å². The first kappa shape index (κ1) is 28.7. The van der Waals surface area contributed by atoms with E-state index >= 15 is 0 Å². The fourth-order valence-corrected chi connectivity index (χ4v) is 3.96. The molecule has 1 aliphatic carbocycles. The van der Waals surface area contributed by atoms with E-state index in [4.69, 9.17) is 0 Å². The maximum absolute atomic E-state index is 3.71. The average Bonchev–Trinajstić information content (AvgIpc) is 2.61. The van der Waals surface area contributed by atoms with Crippen molar-refractivity contribution in [2.24, 2.45) is 11.8 Å². The lowest BCUT2D eigenvalue weighted by Crippen LogP contribution is -2.31. The average molecular weight is 412 g/mol. The summed E-state index contributed by atoms with van der Waals surface area (Å²) in [6.45, 7) is 9.60. The van der Waals surface area contributed by atoms with Gasteiger partial charge in [0.1, 0.15) is 0 Å². The fourth-order valence-electron chi connectivity index (χ4n) is 3.96. The van der Waals surface area contributed by atoms with Crippen LogP contribution in [0.3, 0.4) is 0 Å². The zero-order chi connectivity index (χ0) is 17.3. The van der Waals surface area contributed by atoms with Gasteiger partial charge in [0.05, 0.1) is 0 Å². The highest BCUT2D eigenvalue weighted by Gasteiger charge is 2.20. The Kier molecular flexibility index (Phi) is 24.1. The Bertz CT molecular complexity index is 231. The van der Waals surface area contributed by atoms with Gasteiger partial charge in [-0.1, -0.05) is 65.2 Å². The monoisotopic (exact) mass is 410 g/mol. The van der Waals surface area contributed by atoms with Crippen LogP contribution < -0.4 is 10.6 Å². The molecule has 0 radical (unpaired) electrons. The molecule has 0 saturated heterocycles. The quantitative estimate of drug-likeness (QED) is 0.274. The first-order valence-electron chi connectivity index (χ1n) is 11.3. The molecule has 0 unspecified atom stereocenters. The summed E-state index contributed by atoms with van der Waals surface area (Å²) >= 11 is 0. The van der Waals surface area contributed by atoms with Crippen LogP contribution in [0.4, 0.5) is 0 Å². The lowest BCUT2D eigenvalue weighted by molar-refractivity contribution is 0.261. The summed E-state index contributed by atoms with van der Waals surface area (Å²) in [7, 11) is 0. The van der Waals surface area contributed by atoms with E-state index in [0.717, 1.165) is 11.8 Å². The van der Waals surface area contributed by atoms with E-state index in [9.17, 15) is 0 Å². The van der Waals surface area contributed by atoms with Crippen LogP contribution in [0.2, 0.25) is 0 Å². The molecule has 0 heterocycles. The molecule has 160 valence electrons. The van der Waals surface area contributed by atoms with E-state index in [-0.39, 0.29) is 24.8 Å². The van der Waals surface area contributed by atoms with Crippen LogP contribution in [0, 0.1) is 11.8 Å². The lowest BCUT2D eigenvalue weighted by Gasteiger charge is -2.29. The summed E-state index contributed by atoms with van der Waals surface area (Å²) < 4.78 is 0. The predicted molar refractivity (Wildman–Crippen MR) is 123 cm³/mol. The molecule has 1 rings (SSSR count). The van der Waals surface area contributed by atoms with Crippen LogP contribution in [0.1, 0.15) is 104 Å². The molecule has 1 saturated carbocycles. The van der Waals surface area contributed by atoms with Crippen molar-refractivity contribution in [3.8, 4) is 0 Å². The zero-order valence-corrected chi connectivity index (χ0v) is 19.3. The molecule has 2 N–H and O–H groups in total.